The van der Waals surface area contributed by atoms with Gasteiger partial charge in [0.1, 0.15) is 11.9 Å². The molecule has 0 aliphatic heterocycles. The number of halogens is 3. The fraction of sp³-hybridized carbons (Fsp3) is 0.312. The van der Waals surface area contributed by atoms with E-state index in [1.165, 1.54) is 24.5 Å². The first-order valence-corrected chi connectivity index (χ1v) is 7.03. The van der Waals surface area contributed by atoms with Crippen molar-refractivity contribution in [3.8, 4) is 6.07 Å². The van der Waals surface area contributed by atoms with Gasteiger partial charge >= 0.3 is 6.18 Å². The first kappa shape index (κ1) is 16.7. The second-order valence-electron chi connectivity index (χ2n) is 5.14. The summed E-state index contributed by atoms with van der Waals surface area (Å²) >= 11 is 0. The Morgan fingerprint density at radius 2 is 2.04 bits per heavy atom. The molecular formula is C16H15F3N4. The molecule has 0 aliphatic rings. The minimum Gasteiger partial charge on any atom is -0.369 e. The van der Waals surface area contributed by atoms with Crippen LogP contribution in [0, 0.1) is 11.3 Å². The van der Waals surface area contributed by atoms with Gasteiger partial charge in [0.25, 0.3) is 0 Å². The van der Waals surface area contributed by atoms with Crippen LogP contribution >= 0.6 is 0 Å². The molecule has 0 saturated carbocycles. The molecule has 2 rings (SSSR count). The maximum absolute atomic E-state index is 12.7. The molecule has 0 saturated heterocycles. The Labute approximate surface area is 132 Å². The lowest BCUT2D eigenvalue weighted by molar-refractivity contribution is -0.137. The number of nitriles is 1. The summed E-state index contributed by atoms with van der Waals surface area (Å²) in [5.74, 6) is 0.497. The van der Waals surface area contributed by atoms with Crippen molar-refractivity contribution >= 4 is 5.82 Å². The topological polar surface area (TPSA) is 61.6 Å². The molecule has 4 nitrogen and oxygen atoms in total. The number of rotatable bonds is 5. The summed E-state index contributed by atoms with van der Waals surface area (Å²) in [6, 6.07) is 7.25. The van der Waals surface area contributed by atoms with Crippen molar-refractivity contribution in [3.05, 3.63) is 53.5 Å². The Kier molecular flexibility index (Phi) is 5.16. The number of benzene rings is 1. The summed E-state index contributed by atoms with van der Waals surface area (Å²) < 4.78 is 38.1. The lowest BCUT2D eigenvalue weighted by Gasteiger charge is -2.15. The van der Waals surface area contributed by atoms with E-state index in [2.05, 4.69) is 15.3 Å². The van der Waals surface area contributed by atoms with Crippen LogP contribution in [0.15, 0.2) is 36.7 Å². The number of hydrogen-bond acceptors (Lipinski definition) is 4. The highest BCUT2D eigenvalue weighted by Crippen LogP contribution is 2.31. The first-order valence-electron chi connectivity index (χ1n) is 7.03. The van der Waals surface area contributed by atoms with Crippen molar-refractivity contribution in [1.29, 1.82) is 5.26 Å². The zero-order valence-corrected chi connectivity index (χ0v) is 12.4. The van der Waals surface area contributed by atoms with E-state index in [-0.39, 0.29) is 11.6 Å². The SMILES string of the molecule is CC(CCNc1cnc(C#N)cn1)c1cccc(C(F)(F)F)c1. The zero-order chi connectivity index (χ0) is 16.9. The van der Waals surface area contributed by atoms with Gasteiger partial charge in [-0.05, 0) is 24.0 Å². The van der Waals surface area contributed by atoms with Crippen LogP contribution in [0.25, 0.3) is 0 Å². The Balaban J connectivity index is 1.92. The average Bonchev–Trinajstić information content (AvgIpc) is 2.54. The molecule has 7 heteroatoms. The van der Waals surface area contributed by atoms with Gasteiger partial charge in [0.15, 0.2) is 5.69 Å². The maximum Gasteiger partial charge on any atom is 0.416 e. The van der Waals surface area contributed by atoms with E-state index < -0.39 is 11.7 Å². The van der Waals surface area contributed by atoms with Gasteiger partial charge in [0, 0.05) is 6.54 Å². The molecule has 23 heavy (non-hydrogen) atoms. The number of anilines is 1. The molecule has 1 aromatic heterocycles. The number of nitrogens with zero attached hydrogens (tertiary/aromatic N) is 3. The van der Waals surface area contributed by atoms with Crippen molar-refractivity contribution in [1.82, 2.24) is 9.97 Å². The Morgan fingerprint density at radius 1 is 1.26 bits per heavy atom. The molecular weight excluding hydrogens is 305 g/mol. The molecule has 1 unspecified atom stereocenters. The van der Waals surface area contributed by atoms with E-state index in [1.54, 1.807) is 6.07 Å². The molecule has 0 radical (unpaired) electrons. The summed E-state index contributed by atoms with van der Waals surface area (Å²) in [6.45, 7) is 2.42. The standard InChI is InChI=1S/C16H15F3N4/c1-11(12-3-2-4-13(7-12)16(17,18)19)5-6-21-15-10-22-14(8-20)9-23-15/h2-4,7,9-11H,5-6H2,1H3,(H,21,23). The molecule has 120 valence electrons. The first-order chi connectivity index (χ1) is 10.9. The van der Waals surface area contributed by atoms with Crippen LogP contribution in [0.5, 0.6) is 0 Å². The van der Waals surface area contributed by atoms with Gasteiger partial charge in [0.2, 0.25) is 0 Å². The van der Waals surface area contributed by atoms with E-state index in [0.717, 1.165) is 6.07 Å². The molecule has 0 aliphatic carbocycles. The molecule has 1 heterocycles. The highest BCUT2D eigenvalue weighted by molar-refractivity contribution is 5.33. The Bertz CT molecular complexity index is 690. The summed E-state index contributed by atoms with van der Waals surface area (Å²) in [4.78, 5) is 7.90. The maximum atomic E-state index is 12.7. The van der Waals surface area contributed by atoms with Crippen LogP contribution in [0.2, 0.25) is 0 Å². The minimum absolute atomic E-state index is 0.0314. The summed E-state index contributed by atoms with van der Waals surface area (Å²) in [5.41, 5.74) is 0.244. The van der Waals surface area contributed by atoms with Crippen molar-refractivity contribution in [2.75, 3.05) is 11.9 Å². The van der Waals surface area contributed by atoms with Gasteiger partial charge < -0.3 is 5.32 Å². The van der Waals surface area contributed by atoms with E-state index in [1.807, 2.05) is 13.0 Å². The summed E-state index contributed by atoms with van der Waals surface area (Å²) in [7, 11) is 0. The quantitative estimate of drug-likeness (QED) is 0.905. The van der Waals surface area contributed by atoms with Crippen molar-refractivity contribution < 1.29 is 13.2 Å². The van der Waals surface area contributed by atoms with Gasteiger partial charge in [0.05, 0.1) is 18.0 Å². The van der Waals surface area contributed by atoms with Gasteiger partial charge in [-0.2, -0.15) is 18.4 Å². The second kappa shape index (κ2) is 7.09. The predicted octanol–water partition coefficient (Wildman–Crippen LogP) is 3.97. The van der Waals surface area contributed by atoms with Crippen molar-refractivity contribution in [2.24, 2.45) is 0 Å². The van der Waals surface area contributed by atoms with Crippen molar-refractivity contribution in [3.63, 3.8) is 0 Å². The third-order valence-corrected chi connectivity index (χ3v) is 3.43. The predicted molar refractivity (Wildman–Crippen MR) is 79.7 cm³/mol. The molecule has 2 aromatic rings. The number of nitrogens with one attached hydrogen (secondary N) is 1. The summed E-state index contributed by atoms with van der Waals surface area (Å²) in [6.07, 6.45) is -0.874. The normalized spacial score (nSPS) is 12.5. The average molecular weight is 320 g/mol. The van der Waals surface area contributed by atoms with Crippen LogP contribution in [0.4, 0.5) is 19.0 Å². The highest BCUT2D eigenvalue weighted by atomic mass is 19.4. The lowest BCUT2D eigenvalue weighted by Crippen LogP contribution is -2.09. The second-order valence-corrected chi connectivity index (χ2v) is 5.14. The highest BCUT2D eigenvalue weighted by Gasteiger charge is 2.30. The third kappa shape index (κ3) is 4.68. The molecule has 1 N–H and O–H groups in total. The van der Waals surface area contributed by atoms with E-state index in [4.69, 9.17) is 5.26 Å². The molecule has 0 bridgehead atoms. The zero-order valence-electron chi connectivity index (χ0n) is 12.4. The molecule has 0 amide bonds. The molecule has 0 fully saturated rings. The van der Waals surface area contributed by atoms with Crippen LogP contribution < -0.4 is 5.32 Å². The Morgan fingerprint density at radius 3 is 2.65 bits per heavy atom. The fourth-order valence-corrected chi connectivity index (χ4v) is 2.08. The number of alkyl halides is 3. The molecule has 1 atom stereocenters. The smallest absolute Gasteiger partial charge is 0.369 e. The van der Waals surface area contributed by atoms with Crippen LogP contribution in [0.3, 0.4) is 0 Å². The van der Waals surface area contributed by atoms with Gasteiger partial charge in [-0.1, -0.05) is 25.1 Å². The number of hydrogen-bond donors (Lipinski definition) is 1. The third-order valence-electron chi connectivity index (χ3n) is 3.43. The van der Waals surface area contributed by atoms with Gasteiger partial charge in [-0.3, -0.25) is 0 Å². The monoisotopic (exact) mass is 320 g/mol. The van der Waals surface area contributed by atoms with Crippen LogP contribution in [-0.4, -0.2) is 16.5 Å². The fourth-order valence-electron chi connectivity index (χ4n) is 2.08. The number of aromatic nitrogens is 2. The largest absolute Gasteiger partial charge is 0.416 e. The van der Waals surface area contributed by atoms with Crippen LogP contribution in [-0.2, 0) is 6.18 Å². The molecule has 0 spiro atoms. The van der Waals surface area contributed by atoms with E-state index in [9.17, 15) is 13.2 Å². The van der Waals surface area contributed by atoms with Crippen molar-refractivity contribution in [2.45, 2.75) is 25.4 Å². The van der Waals surface area contributed by atoms with E-state index in [0.29, 0.717) is 24.3 Å². The van der Waals surface area contributed by atoms with E-state index >= 15 is 0 Å². The lowest BCUT2D eigenvalue weighted by atomic mass is 9.96. The summed E-state index contributed by atoms with van der Waals surface area (Å²) in [5, 5.41) is 11.7. The van der Waals surface area contributed by atoms with Gasteiger partial charge in [-0.25, -0.2) is 9.97 Å². The minimum atomic E-state index is -4.33. The molecule has 1 aromatic carbocycles. The van der Waals surface area contributed by atoms with Gasteiger partial charge in [-0.15, -0.1) is 0 Å². The van der Waals surface area contributed by atoms with Crippen LogP contribution in [0.1, 0.15) is 36.1 Å². The Hall–Kier alpha value is -2.62.